The minimum absolute atomic E-state index is 0.0602. The SMILES string of the molecule is CCOC(=O)c1cc([N+](=O)[O-])cnc1NOCc1ccccc1. The first-order valence-corrected chi connectivity index (χ1v) is 6.85. The van der Waals surface area contributed by atoms with E-state index in [9.17, 15) is 14.9 Å². The van der Waals surface area contributed by atoms with Crippen LogP contribution in [-0.2, 0) is 16.2 Å². The van der Waals surface area contributed by atoms with Crippen LogP contribution in [0.2, 0.25) is 0 Å². The smallest absolute Gasteiger partial charge is 0.342 e. The van der Waals surface area contributed by atoms with Crippen LogP contribution < -0.4 is 5.48 Å². The minimum Gasteiger partial charge on any atom is -0.462 e. The lowest BCUT2D eigenvalue weighted by Gasteiger charge is -2.10. The number of hydrogen-bond acceptors (Lipinski definition) is 7. The number of aromatic nitrogens is 1. The number of carbonyl (C=O) groups is 1. The van der Waals surface area contributed by atoms with Crippen molar-refractivity contribution in [1.82, 2.24) is 4.98 Å². The molecule has 0 bridgehead atoms. The van der Waals surface area contributed by atoms with Gasteiger partial charge in [-0.15, -0.1) is 0 Å². The number of rotatable bonds is 7. The number of esters is 1. The molecule has 8 nitrogen and oxygen atoms in total. The van der Waals surface area contributed by atoms with Crippen molar-refractivity contribution in [3.05, 3.63) is 63.8 Å². The van der Waals surface area contributed by atoms with Crippen LogP contribution in [0.1, 0.15) is 22.8 Å². The van der Waals surface area contributed by atoms with Crippen molar-refractivity contribution in [3.8, 4) is 0 Å². The van der Waals surface area contributed by atoms with Crippen LogP contribution in [-0.4, -0.2) is 22.5 Å². The predicted octanol–water partition coefficient (Wildman–Crippen LogP) is 2.71. The molecule has 1 aromatic carbocycles. The minimum atomic E-state index is -0.713. The topological polar surface area (TPSA) is 104 Å². The lowest BCUT2D eigenvalue weighted by molar-refractivity contribution is -0.385. The van der Waals surface area contributed by atoms with Crippen LogP contribution >= 0.6 is 0 Å². The van der Waals surface area contributed by atoms with Gasteiger partial charge in [0.2, 0.25) is 0 Å². The number of nitrogens with zero attached hydrogens (tertiary/aromatic N) is 2. The van der Waals surface area contributed by atoms with E-state index in [1.807, 2.05) is 30.3 Å². The summed E-state index contributed by atoms with van der Waals surface area (Å²) in [5.74, 6) is -0.653. The molecule has 1 N–H and O–H groups in total. The number of nitro groups is 1. The highest BCUT2D eigenvalue weighted by molar-refractivity contribution is 5.95. The molecule has 0 spiro atoms. The Balaban J connectivity index is 2.13. The summed E-state index contributed by atoms with van der Waals surface area (Å²) in [6.45, 7) is 2.02. The maximum Gasteiger partial charge on any atom is 0.342 e. The van der Waals surface area contributed by atoms with E-state index in [2.05, 4.69) is 10.5 Å². The lowest BCUT2D eigenvalue weighted by atomic mass is 10.2. The number of nitrogens with one attached hydrogen (secondary N) is 1. The van der Waals surface area contributed by atoms with Crippen molar-refractivity contribution in [2.24, 2.45) is 0 Å². The number of ether oxygens (including phenoxy) is 1. The molecule has 8 heteroatoms. The normalized spacial score (nSPS) is 10.1. The second kappa shape index (κ2) is 7.85. The molecule has 120 valence electrons. The first kappa shape index (κ1) is 16.4. The fourth-order valence-corrected chi connectivity index (χ4v) is 1.76. The summed E-state index contributed by atoms with van der Waals surface area (Å²) in [6, 6.07) is 10.5. The van der Waals surface area contributed by atoms with E-state index in [-0.39, 0.29) is 30.3 Å². The van der Waals surface area contributed by atoms with E-state index in [1.54, 1.807) is 6.92 Å². The summed E-state index contributed by atoms with van der Waals surface area (Å²) in [7, 11) is 0. The molecule has 0 atom stereocenters. The van der Waals surface area contributed by atoms with E-state index >= 15 is 0 Å². The number of anilines is 1. The Morgan fingerprint density at radius 2 is 2.09 bits per heavy atom. The fraction of sp³-hybridized carbons (Fsp3) is 0.200. The van der Waals surface area contributed by atoms with E-state index < -0.39 is 10.9 Å². The summed E-state index contributed by atoms with van der Waals surface area (Å²) in [4.78, 5) is 31.2. The molecule has 2 aromatic rings. The van der Waals surface area contributed by atoms with Crippen molar-refractivity contribution >= 4 is 17.5 Å². The van der Waals surface area contributed by atoms with E-state index in [0.29, 0.717) is 0 Å². The van der Waals surface area contributed by atoms with Gasteiger partial charge in [-0.1, -0.05) is 30.3 Å². The summed E-state index contributed by atoms with van der Waals surface area (Å²) in [6.07, 6.45) is 1.04. The maximum absolute atomic E-state index is 11.9. The fourth-order valence-electron chi connectivity index (χ4n) is 1.76. The summed E-state index contributed by atoms with van der Waals surface area (Å²) in [5.41, 5.74) is 3.08. The molecule has 23 heavy (non-hydrogen) atoms. The standard InChI is InChI=1S/C15H15N3O5/c1-2-22-15(19)13-8-12(18(20)21)9-16-14(13)17-23-10-11-6-4-3-5-7-11/h3-9H,2,10H2,1H3,(H,16,17). The number of carbonyl (C=O) groups excluding carboxylic acids is 1. The Bertz CT molecular complexity index is 691. The average Bonchev–Trinajstić information content (AvgIpc) is 2.56. The van der Waals surface area contributed by atoms with Gasteiger partial charge in [0.25, 0.3) is 5.69 Å². The molecule has 1 aromatic heterocycles. The molecule has 0 aliphatic heterocycles. The van der Waals surface area contributed by atoms with Gasteiger partial charge in [-0.05, 0) is 12.5 Å². The van der Waals surface area contributed by atoms with Gasteiger partial charge in [-0.3, -0.25) is 15.0 Å². The molecular weight excluding hydrogens is 302 g/mol. The van der Waals surface area contributed by atoms with Crippen LogP contribution in [0.4, 0.5) is 11.5 Å². The molecule has 0 unspecified atom stereocenters. The second-order valence-electron chi connectivity index (χ2n) is 4.44. The maximum atomic E-state index is 11.9. The van der Waals surface area contributed by atoms with Gasteiger partial charge in [0.05, 0.1) is 18.1 Å². The van der Waals surface area contributed by atoms with Crippen LogP contribution in [0.3, 0.4) is 0 Å². The Labute approximate surface area is 132 Å². The summed E-state index contributed by atoms with van der Waals surface area (Å²) in [5, 5.41) is 10.8. The molecule has 0 saturated heterocycles. The zero-order valence-corrected chi connectivity index (χ0v) is 12.4. The third-order valence-electron chi connectivity index (χ3n) is 2.83. The lowest BCUT2D eigenvalue weighted by Crippen LogP contribution is -2.12. The number of hydrogen-bond donors (Lipinski definition) is 1. The first-order valence-electron chi connectivity index (χ1n) is 6.85. The van der Waals surface area contributed by atoms with Crippen molar-refractivity contribution in [2.45, 2.75) is 13.5 Å². The van der Waals surface area contributed by atoms with Gasteiger partial charge >= 0.3 is 5.97 Å². The molecular formula is C15H15N3O5. The van der Waals surface area contributed by atoms with Crippen LogP contribution in [0.5, 0.6) is 0 Å². The average molecular weight is 317 g/mol. The van der Waals surface area contributed by atoms with Crippen molar-refractivity contribution < 1.29 is 19.3 Å². The van der Waals surface area contributed by atoms with Crippen molar-refractivity contribution in [3.63, 3.8) is 0 Å². The van der Waals surface area contributed by atoms with Gasteiger partial charge in [-0.25, -0.2) is 15.3 Å². The molecule has 0 saturated carbocycles. The van der Waals surface area contributed by atoms with Gasteiger partial charge in [0, 0.05) is 6.07 Å². The molecule has 0 fully saturated rings. The highest BCUT2D eigenvalue weighted by atomic mass is 16.6. The molecule has 0 amide bonds. The highest BCUT2D eigenvalue weighted by Crippen LogP contribution is 2.20. The van der Waals surface area contributed by atoms with E-state index in [4.69, 9.17) is 9.57 Å². The molecule has 2 rings (SSSR count). The van der Waals surface area contributed by atoms with E-state index in [0.717, 1.165) is 17.8 Å². The predicted molar refractivity (Wildman–Crippen MR) is 81.7 cm³/mol. The quantitative estimate of drug-likeness (QED) is 0.475. The molecule has 1 heterocycles. The zero-order chi connectivity index (χ0) is 16.7. The van der Waals surface area contributed by atoms with Crippen LogP contribution in [0.25, 0.3) is 0 Å². The number of benzene rings is 1. The van der Waals surface area contributed by atoms with Gasteiger partial charge in [0.1, 0.15) is 11.8 Å². The summed E-state index contributed by atoms with van der Waals surface area (Å²) < 4.78 is 4.87. The number of pyridine rings is 1. The summed E-state index contributed by atoms with van der Waals surface area (Å²) >= 11 is 0. The third-order valence-corrected chi connectivity index (χ3v) is 2.83. The van der Waals surface area contributed by atoms with Crippen molar-refractivity contribution in [2.75, 3.05) is 12.1 Å². The van der Waals surface area contributed by atoms with Crippen LogP contribution in [0.15, 0.2) is 42.6 Å². The Morgan fingerprint density at radius 1 is 1.35 bits per heavy atom. The van der Waals surface area contributed by atoms with Gasteiger partial charge < -0.3 is 4.74 Å². The largest absolute Gasteiger partial charge is 0.462 e. The van der Waals surface area contributed by atoms with Gasteiger partial charge in [0.15, 0.2) is 5.82 Å². The van der Waals surface area contributed by atoms with Crippen LogP contribution in [0, 0.1) is 10.1 Å². The van der Waals surface area contributed by atoms with Crippen molar-refractivity contribution in [1.29, 1.82) is 0 Å². The Hall–Kier alpha value is -3.00. The second-order valence-corrected chi connectivity index (χ2v) is 4.44. The molecule has 0 radical (unpaired) electrons. The molecule has 0 aliphatic rings. The zero-order valence-electron chi connectivity index (χ0n) is 12.4. The monoisotopic (exact) mass is 317 g/mol. The highest BCUT2D eigenvalue weighted by Gasteiger charge is 2.19. The molecule has 0 aliphatic carbocycles. The van der Waals surface area contributed by atoms with Gasteiger partial charge in [-0.2, -0.15) is 0 Å². The van der Waals surface area contributed by atoms with E-state index in [1.165, 1.54) is 0 Å². The Kier molecular flexibility index (Phi) is 5.59. The third kappa shape index (κ3) is 4.48. The first-order chi connectivity index (χ1) is 11.1. The Morgan fingerprint density at radius 3 is 2.74 bits per heavy atom.